The summed E-state index contributed by atoms with van der Waals surface area (Å²) >= 11 is 1.72. The van der Waals surface area contributed by atoms with Gasteiger partial charge in [-0.2, -0.15) is 0 Å². The third-order valence-corrected chi connectivity index (χ3v) is 6.40. The number of nitrogens with zero attached hydrogens (tertiary/aromatic N) is 2. The van der Waals surface area contributed by atoms with Gasteiger partial charge in [0, 0.05) is 46.0 Å². The molecule has 4 nitrogen and oxygen atoms in total. The Morgan fingerprint density at radius 1 is 1.07 bits per heavy atom. The number of benzene rings is 2. The molecule has 0 spiro atoms. The van der Waals surface area contributed by atoms with Gasteiger partial charge >= 0.3 is 0 Å². The molecule has 2 aromatic carbocycles. The lowest BCUT2D eigenvalue weighted by Gasteiger charge is -2.36. The molecule has 1 N–H and O–H groups in total. The van der Waals surface area contributed by atoms with E-state index in [-0.39, 0.29) is 11.9 Å². The lowest BCUT2D eigenvalue weighted by Crippen LogP contribution is -2.40. The molecule has 0 saturated carbocycles. The van der Waals surface area contributed by atoms with Crippen molar-refractivity contribution in [3.63, 3.8) is 0 Å². The molecule has 1 aliphatic rings. The molecule has 29 heavy (non-hydrogen) atoms. The third kappa shape index (κ3) is 3.12. The van der Waals surface area contributed by atoms with Crippen LogP contribution in [0.5, 0.6) is 0 Å². The Morgan fingerprint density at radius 2 is 1.83 bits per heavy atom. The molecular weight excluding hydrogens is 378 g/mol. The lowest BCUT2D eigenvalue weighted by molar-refractivity contribution is 0.0692. The minimum atomic E-state index is -0.136. The van der Waals surface area contributed by atoms with Gasteiger partial charge in [0.25, 0.3) is 5.91 Å². The van der Waals surface area contributed by atoms with E-state index in [9.17, 15) is 4.79 Å². The third-order valence-electron chi connectivity index (χ3n) is 5.65. The number of carbonyl (C=O) groups excluding carboxylic acids is 1. The van der Waals surface area contributed by atoms with E-state index in [0.717, 1.165) is 23.2 Å². The first-order chi connectivity index (χ1) is 14.3. The Hall–Kier alpha value is -3.05. The van der Waals surface area contributed by atoms with Gasteiger partial charge in [0.15, 0.2) is 0 Å². The number of hydrogen-bond acceptors (Lipinski definition) is 3. The predicted molar refractivity (Wildman–Crippen MR) is 117 cm³/mol. The number of aromatic amines is 1. The average molecular weight is 400 g/mol. The van der Waals surface area contributed by atoms with Gasteiger partial charge in [-0.15, -0.1) is 11.8 Å². The van der Waals surface area contributed by atoms with Gasteiger partial charge in [-0.25, -0.2) is 0 Å². The fourth-order valence-corrected chi connectivity index (χ4v) is 4.66. The fourth-order valence-electron chi connectivity index (χ4n) is 4.25. The lowest BCUT2D eigenvalue weighted by atomic mass is 9.92. The molecule has 5 rings (SSSR count). The zero-order valence-electron chi connectivity index (χ0n) is 16.1. The monoisotopic (exact) mass is 399 g/mol. The predicted octanol–water partition coefficient (Wildman–Crippen LogP) is 5.07. The summed E-state index contributed by atoms with van der Waals surface area (Å²) in [6.07, 6.45) is 6.27. The molecule has 1 atom stereocenters. The zero-order chi connectivity index (χ0) is 19.8. The molecule has 3 heterocycles. The van der Waals surface area contributed by atoms with Gasteiger partial charge in [-0.1, -0.05) is 30.3 Å². The largest absolute Gasteiger partial charge is 0.356 e. The summed E-state index contributed by atoms with van der Waals surface area (Å²) in [6.45, 7) is 0.685. The summed E-state index contributed by atoms with van der Waals surface area (Å²) in [5, 5.41) is 1.25. The van der Waals surface area contributed by atoms with Crippen LogP contribution in [0.1, 0.15) is 33.2 Å². The van der Waals surface area contributed by atoms with Gasteiger partial charge in [0.2, 0.25) is 0 Å². The molecule has 0 aliphatic carbocycles. The van der Waals surface area contributed by atoms with Crippen LogP contribution in [-0.2, 0) is 6.42 Å². The van der Waals surface area contributed by atoms with Crippen LogP contribution in [0.2, 0.25) is 0 Å². The van der Waals surface area contributed by atoms with Crippen LogP contribution >= 0.6 is 11.8 Å². The van der Waals surface area contributed by atoms with Gasteiger partial charge in [0.05, 0.1) is 6.04 Å². The first-order valence-corrected chi connectivity index (χ1v) is 10.9. The molecule has 0 saturated heterocycles. The second kappa shape index (κ2) is 7.41. The van der Waals surface area contributed by atoms with Crippen molar-refractivity contribution in [2.24, 2.45) is 0 Å². The zero-order valence-corrected chi connectivity index (χ0v) is 16.9. The van der Waals surface area contributed by atoms with Crippen LogP contribution in [0.15, 0.2) is 78.0 Å². The molecule has 1 amide bonds. The normalized spacial score (nSPS) is 16.0. The van der Waals surface area contributed by atoms with E-state index in [2.05, 4.69) is 58.7 Å². The minimum Gasteiger partial charge on any atom is -0.356 e. The average Bonchev–Trinajstić information content (AvgIpc) is 3.17. The molecule has 1 aliphatic heterocycles. The van der Waals surface area contributed by atoms with Crippen molar-refractivity contribution in [1.82, 2.24) is 14.9 Å². The smallest absolute Gasteiger partial charge is 0.254 e. The van der Waals surface area contributed by atoms with E-state index in [1.807, 2.05) is 11.0 Å². The molecule has 0 unspecified atom stereocenters. The standard InChI is InChI=1S/C24H21N3OS/c1-29-18-8-6-16(7-9-18)23-22-20(19-4-2-3-5-21(19)26-22)12-15-27(23)24(28)17-10-13-25-14-11-17/h2-11,13-14,23,26H,12,15H2,1H3/t23-/m1/s1. The summed E-state index contributed by atoms with van der Waals surface area (Å²) in [5.74, 6) is 0.0376. The van der Waals surface area contributed by atoms with E-state index >= 15 is 0 Å². The highest BCUT2D eigenvalue weighted by Crippen LogP contribution is 2.39. The molecule has 0 radical (unpaired) electrons. The number of fused-ring (bicyclic) bond motifs is 3. The molecule has 0 bridgehead atoms. The van der Waals surface area contributed by atoms with Crippen LogP contribution in [0.4, 0.5) is 0 Å². The van der Waals surface area contributed by atoms with E-state index in [0.29, 0.717) is 12.1 Å². The Bertz CT molecular complexity index is 1170. The number of pyridine rings is 1. The number of hydrogen-bond donors (Lipinski definition) is 1. The molecule has 5 heteroatoms. The van der Waals surface area contributed by atoms with Crippen LogP contribution in [-0.4, -0.2) is 33.6 Å². The van der Waals surface area contributed by atoms with Crippen molar-refractivity contribution >= 4 is 28.6 Å². The number of thioether (sulfide) groups is 1. The summed E-state index contributed by atoms with van der Waals surface area (Å²) < 4.78 is 0. The number of para-hydroxylation sites is 1. The van der Waals surface area contributed by atoms with E-state index in [1.165, 1.54) is 15.8 Å². The van der Waals surface area contributed by atoms with E-state index < -0.39 is 0 Å². The maximum Gasteiger partial charge on any atom is 0.254 e. The highest BCUT2D eigenvalue weighted by atomic mass is 32.2. The topological polar surface area (TPSA) is 49.0 Å². The van der Waals surface area contributed by atoms with E-state index in [4.69, 9.17) is 0 Å². The second-order valence-corrected chi connectivity index (χ2v) is 8.10. The van der Waals surface area contributed by atoms with Crippen molar-refractivity contribution in [1.29, 1.82) is 0 Å². The van der Waals surface area contributed by atoms with Crippen LogP contribution in [0, 0.1) is 0 Å². The highest BCUT2D eigenvalue weighted by molar-refractivity contribution is 7.98. The maximum absolute atomic E-state index is 13.4. The minimum absolute atomic E-state index is 0.0376. The molecule has 144 valence electrons. The first kappa shape index (κ1) is 18.0. The number of rotatable bonds is 3. The van der Waals surface area contributed by atoms with Crippen LogP contribution in [0.3, 0.4) is 0 Å². The van der Waals surface area contributed by atoms with Crippen molar-refractivity contribution in [3.05, 3.63) is 95.4 Å². The molecule has 2 aromatic heterocycles. The Morgan fingerprint density at radius 3 is 2.59 bits per heavy atom. The van der Waals surface area contributed by atoms with E-state index in [1.54, 1.807) is 36.3 Å². The van der Waals surface area contributed by atoms with Gasteiger partial charge in [0.1, 0.15) is 0 Å². The van der Waals surface area contributed by atoms with Crippen molar-refractivity contribution < 1.29 is 4.79 Å². The molecule has 0 fully saturated rings. The Balaban J connectivity index is 1.65. The summed E-state index contributed by atoms with van der Waals surface area (Å²) in [4.78, 5) is 24.3. The van der Waals surface area contributed by atoms with Gasteiger partial charge in [-0.05, 0) is 54.1 Å². The Labute approximate surface area is 174 Å². The van der Waals surface area contributed by atoms with Gasteiger partial charge in [-0.3, -0.25) is 9.78 Å². The number of nitrogens with one attached hydrogen (secondary N) is 1. The highest BCUT2D eigenvalue weighted by Gasteiger charge is 2.34. The number of amides is 1. The van der Waals surface area contributed by atoms with Crippen molar-refractivity contribution in [3.8, 4) is 0 Å². The maximum atomic E-state index is 13.4. The summed E-state index contributed by atoms with van der Waals surface area (Å²) in [7, 11) is 0. The van der Waals surface area contributed by atoms with Crippen LogP contribution in [0.25, 0.3) is 10.9 Å². The van der Waals surface area contributed by atoms with Crippen molar-refractivity contribution in [2.45, 2.75) is 17.4 Å². The SMILES string of the molecule is CSc1ccc([C@@H]2c3[nH]c4ccccc4c3CCN2C(=O)c2ccncc2)cc1. The molecule has 4 aromatic rings. The number of aromatic nitrogens is 2. The van der Waals surface area contributed by atoms with Crippen molar-refractivity contribution in [2.75, 3.05) is 12.8 Å². The van der Waals surface area contributed by atoms with Crippen LogP contribution < -0.4 is 0 Å². The molecular formula is C24H21N3OS. The summed E-state index contributed by atoms with van der Waals surface area (Å²) in [6, 6.07) is 20.4. The Kier molecular flexibility index (Phi) is 4.60. The second-order valence-electron chi connectivity index (χ2n) is 7.22. The quantitative estimate of drug-likeness (QED) is 0.489. The number of carbonyl (C=O) groups is 1. The fraction of sp³-hybridized carbons (Fsp3) is 0.167. The number of H-pyrrole nitrogens is 1. The van der Waals surface area contributed by atoms with Gasteiger partial charge < -0.3 is 9.88 Å². The first-order valence-electron chi connectivity index (χ1n) is 9.70. The summed E-state index contributed by atoms with van der Waals surface area (Å²) in [5.41, 5.74) is 5.36.